The summed E-state index contributed by atoms with van der Waals surface area (Å²) in [5.41, 5.74) is 0. The molecular formula is C14H21ClO2S. The monoisotopic (exact) mass is 288 g/mol. The number of halogens is 1. The Labute approximate surface area is 118 Å². The fourth-order valence-electron chi connectivity index (χ4n) is 3.90. The number of fused-ring (bicyclic) bond motifs is 2. The molecule has 0 aromatic heterocycles. The molecule has 1 saturated heterocycles. The SMILES string of the molecule is COC1CCC2SC3CCCCC3C(=O)C2C1Cl. The molecule has 0 aromatic carbocycles. The van der Waals surface area contributed by atoms with E-state index in [-0.39, 0.29) is 23.3 Å². The summed E-state index contributed by atoms with van der Waals surface area (Å²) in [6.45, 7) is 0. The number of hydrogen-bond donors (Lipinski definition) is 0. The highest BCUT2D eigenvalue weighted by atomic mass is 35.5. The maximum atomic E-state index is 12.7. The van der Waals surface area contributed by atoms with Gasteiger partial charge in [0.05, 0.1) is 11.5 Å². The van der Waals surface area contributed by atoms with E-state index >= 15 is 0 Å². The van der Waals surface area contributed by atoms with Gasteiger partial charge in [-0.2, -0.15) is 11.8 Å². The van der Waals surface area contributed by atoms with Crippen LogP contribution in [0.1, 0.15) is 38.5 Å². The summed E-state index contributed by atoms with van der Waals surface area (Å²) in [5.74, 6) is 0.766. The van der Waals surface area contributed by atoms with Crippen LogP contribution in [0.15, 0.2) is 0 Å². The molecule has 1 aliphatic heterocycles. The molecular weight excluding hydrogens is 268 g/mol. The highest BCUT2D eigenvalue weighted by Crippen LogP contribution is 2.50. The Bertz CT molecular complexity index is 336. The lowest BCUT2D eigenvalue weighted by Crippen LogP contribution is -2.53. The summed E-state index contributed by atoms with van der Waals surface area (Å²) >= 11 is 8.58. The van der Waals surface area contributed by atoms with Crippen molar-refractivity contribution in [1.29, 1.82) is 0 Å². The smallest absolute Gasteiger partial charge is 0.142 e. The average molecular weight is 289 g/mol. The molecule has 2 nitrogen and oxygen atoms in total. The van der Waals surface area contributed by atoms with E-state index < -0.39 is 0 Å². The predicted molar refractivity (Wildman–Crippen MR) is 75.3 cm³/mol. The minimum absolute atomic E-state index is 0.0368. The number of ether oxygens (including phenoxy) is 1. The molecule has 1 heterocycles. The second-order valence-corrected chi connectivity index (χ2v) is 7.82. The summed E-state index contributed by atoms with van der Waals surface area (Å²) in [5, 5.41) is 0.915. The highest BCUT2D eigenvalue weighted by Gasteiger charge is 2.51. The maximum absolute atomic E-state index is 12.7. The summed E-state index contributed by atoms with van der Waals surface area (Å²) in [7, 11) is 1.71. The third-order valence-electron chi connectivity index (χ3n) is 4.88. The summed E-state index contributed by atoms with van der Waals surface area (Å²) in [6, 6.07) is 0. The molecule has 3 rings (SSSR count). The lowest BCUT2D eigenvalue weighted by molar-refractivity contribution is -0.130. The van der Waals surface area contributed by atoms with Crippen molar-refractivity contribution in [2.75, 3.05) is 7.11 Å². The molecule has 2 saturated carbocycles. The molecule has 0 bridgehead atoms. The quantitative estimate of drug-likeness (QED) is 0.693. The summed E-state index contributed by atoms with van der Waals surface area (Å²) in [6.07, 6.45) is 6.98. The zero-order valence-electron chi connectivity index (χ0n) is 10.8. The number of carbonyl (C=O) groups is 1. The van der Waals surface area contributed by atoms with Gasteiger partial charge >= 0.3 is 0 Å². The zero-order chi connectivity index (χ0) is 12.7. The first-order chi connectivity index (χ1) is 8.72. The number of Topliss-reactive ketones (excluding diaryl/α,β-unsaturated/α-hetero) is 1. The number of alkyl halides is 1. The van der Waals surface area contributed by atoms with Crippen LogP contribution in [0.25, 0.3) is 0 Å². The van der Waals surface area contributed by atoms with E-state index in [4.69, 9.17) is 16.3 Å². The van der Waals surface area contributed by atoms with Crippen LogP contribution in [0.3, 0.4) is 0 Å². The Hall–Kier alpha value is 0.270. The predicted octanol–water partition coefficient (Wildman–Crippen LogP) is 3.26. The number of rotatable bonds is 1. The van der Waals surface area contributed by atoms with E-state index in [1.807, 2.05) is 0 Å². The number of hydrogen-bond acceptors (Lipinski definition) is 3. The van der Waals surface area contributed by atoms with Gasteiger partial charge in [-0.1, -0.05) is 12.8 Å². The van der Waals surface area contributed by atoms with Gasteiger partial charge in [-0.05, 0) is 25.7 Å². The fourth-order valence-corrected chi connectivity index (χ4v) is 6.47. The van der Waals surface area contributed by atoms with Crippen molar-refractivity contribution < 1.29 is 9.53 Å². The average Bonchev–Trinajstić information content (AvgIpc) is 2.39. The number of methoxy groups -OCH3 is 1. The fraction of sp³-hybridized carbons (Fsp3) is 0.929. The molecule has 0 aromatic rings. The molecule has 0 radical (unpaired) electrons. The lowest BCUT2D eigenvalue weighted by atomic mass is 9.74. The van der Waals surface area contributed by atoms with Crippen LogP contribution in [0.5, 0.6) is 0 Å². The van der Waals surface area contributed by atoms with Crippen molar-refractivity contribution in [1.82, 2.24) is 0 Å². The minimum atomic E-state index is -0.114. The zero-order valence-corrected chi connectivity index (χ0v) is 12.4. The normalized spacial score (nSPS) is 48.4. The van der Waals surface area contributed by atoms with Crippen LogP contribution in [-0.2, 0) is 9.53 Å². The van der Waals surface area contributed by atoms with Gasteiger partial charge in [0.25, 0.3) is 0 Å². The standard InChI is InChI=1S/C14H21ClO2S/c1-17-9-6-7-11-12(13(9)15)14(16)8-4-2-3-5-10(8)18-11/h8-13H,2-7H2,1H3. The Morgan fingerprint density at radius 1 is 1.17 bits per heavy atom. The molecule has 18 heavy (non-hydrogen) atoms. The molecule has 2 aliphatic carbocycles. The van der Waals surface area contributed by atoms with E-state index in [9.17, 15) is 4.79 Å². The Morgan fingerprint density at radius 3 is 2.72 bits per heavy atom. The first kappa shape index (κ1) is 13.3. The molecule has 0 spiro atoms. The van der Waals surface area contributed by atoms with Crippen LogP contribution >= 0.6 is 23.4 Å². The first-order valence-electron chi connectivity index (χ1n) is 7.08. The molecule has 3 fully saturated rings. The summed E-state index contributed by atoms with van der Waals surface area (Å²) < 4.78 is 5.44. The minimum Gasteiger partial charge on any atom is -0.380 e. The number of thioether (sulfide) groups is 1. The summed E-state index contributed by atoms with van der Waals surface area (Å²) in [4.78, 5) is 12.7. The molecule has 102 valence electrons. The second-order valence-electron chi connectivity index (χ2n) is 5.83. The van der Waals surface area contributed by atoms with Gasteiger partial charge in [0.1, 0.15) is 5.78 Å². The van der Waals surface area contributed by atoms with E-state index in [2.05, 4.69) is 11.8 Å². The van der Waals surface area contributed by atoms with Crippen molar-refractivity contribution in [2.24, 2.45) is 11.8 Å². The Balaban J connectivity index is 1.81. The Kier molecular flexibility index (Phi) is 3.93. The number of carbonyl (C=O) groups excluding carboxylic acids is 1. The van der Waals surface area contributed by atoms with Crippen LogP contribution in [0.4, 0.5) is 0 Å². The van der Waals surface area contributed by atoms with Crippen LogP contribution < -0.4 is 0 Å². The van der Waals surface area contributed by atoms with Gasteiger partial charge in [0, 0.05) is 29.4 Å². The largest absolute Gasteiger partial charge is 0.380 e. The van der Waals surface area contributed by atoms with E-state index in [1.54, 1.807) is 7.11 Å². The number of ketones is 1. The van der Waals surface area contributed by atoms with Gasteiger partial charge in [-0.25, -0.2) is 0 Å². The molecule has 0 amide bonds. The van der Waals surface area contributed by atoms with Gasteiger partial charge in [0.2, 0.25) is 0 Å². The van der Waals surface area contributed by atoms with Crippen LogP contribution in [-0.4, -0.2) is 34.9 Å². The second kappa shape index (κ2) is 5.34. The lowest BCUT2D eigenvalue weighted by Gasteiger charge is -2.47. The van der Waals surface area contributed by atoms with Crippen molar-refractivity contribution in [2.45, 2.75) is 60.5 Å². The third-order valence-corrected chi connectivity index (χ3v) is 7.23. The molecule has 4 heteroatoms. The molecule has 0 N–H and O–H groups in total. The molecule has 6 unspecified atom stereocenters. The van der Waals surface area contributed by atoms with E-state index in [0.717, 1.165) is 19.3 Å². The highest BCUT2D eigenvalue weighted by molar-refractivity contribution is 8.00. The van der Waals surface area contributed by atoms with Gasteiger partial charge in [0.15, 0.2) is 0 Å². The van der Waals surface area contributed by atoms with Crippen molar-refractivity contribution in [3.05, 3.63) is 0 Å². The third kappa shape index (κ3) is 2.12. The van der Waals surface area contributed by atoms with Crippen molar-refractivity contribution in [3.63, 3.8) is 0 Å². The van der Waals surface area contributed by atoms with E-state index in [0.29, 0.717) is 16.3 Å². The van der Waals surface area contributed by atoms with Gasteiger partial charge < -0.3 is 4.74 Å². The van der Waals surface area contributed by atoms with Crippen molar-refractivity contribution >= 4 is 29.1 Å². The topological polar surface area (TPSA) is 26.3 Å². The molecule has 3 aliphatic rings. The first-order valence-corrected chi connectivity index (χ1v) is 8.46. The van der Waals surface area contributed by atoms with Crippen molar-refractivity contribution in [3.8, 4) is 0 Å². The van der Waals surface area contributed by atoms with Crippen LogP contribution in [0.2, 0.25) is 0 Å². The Morgan fingerprint density at radius 2 is 1.94 bits per heavy atom. The van der Waals surface area contributed by atoms with Gasteiger partial charge in [-0.15, -0.1) is 11.6 Å². The van der Waals surface area contributed by atoms with Gasteiger partial charge in [-0.3, -0.25) is 4.79 Å². The van der Waals surface area contributed by atoms with E-state index in [1.165, 1.54) is 19.3 Å². The maximum Gasteiger partial charge on any atom is 0.142 e. The molecule has 6 atom stereocenters. The van der Waals surface area contributed by atoms with Crippen LogP contribution in [0, 0.1) is 11.8 Å².